The molecule has 0 aliphatic carbocycles. The maximum Gasteiger partial charge on any atom is 0.294 e. The minimum atomic E-state index is -0.540. The van der Waals surface area contributed by atoms with Crippen molar-refractivity contribution in [2.45, 2.75) is 13.8 Å². The number of rotatable bonds is 5. The summed E-state index contributed by atoms with van der Waals surface area (Å²) in [7, 11) is 0. The van der Waals surface area contributed by atoms with E-state index in [0.717, 1.165) is 42.9 Å². The number of imide groups is 1. The van der Waals surface area contributed by atoms with E-state index in [1.54, 1.807) is 6.08 Å². The van der Waals surface area contributed by atoms with Crippen LogP contribution in [0.3, 0.4) is 0 Å². The smallest absolute Gasteiger partial charge is 0.294 e. The highest BCUT2D eigenvalue weighted by molar-refractivity contribution is 14.1. The zero-order chi connectivity index (χ0) is 23.7. The Kier molecular flexibility index (Phi) is 6.71. The number of nitrogens with one attached hydrogen (secondary N) is 1. The first-order chi connectivity index (χ1) is 15.7. The molecule has 2 heterocycles. The third-order valence-corrected chi connectivity index (χ3v) is 6.70. The quantitative estimate of drug-likeness (QED) is 0.322. The maximum absolute atomic E-state index is 13.0. The van der Waals surface area contributed by atoms with Gasteiger partial charge in [-0.3, -0.25) is 19.3 Å². The first-order valence-electron chi connectivity index (χ1n) is 9.98. The number of thioether (sulfide) groups is 1. The van der Waals surface area contributed by atoms with E-state index in [-0.39, 0.29) is 4.91 Å². The van der Waals surface area contributed by atoms with Gasteiger partial charge in [-0.2, -0.15) is 0 Å². The molecule has 3 aromatic rings. The van der Waals surface area contributed by atoms with Crippen molar-refractivity contribution >= 4 is 63.2 Å². The van der Waals surface area contributed by atoms with Crippen LogP contribution in [0.15, 0.2) is 59.5 Å². The van der Waals surface area contributed by atoms with Gasteiger partial charge < -0.3 is 9.88 Å². The molecule has 0 bridgehead atoms. The number of benzene rings is 2. The average molecular weight is 575 g/mol. The average Bonchev–Trinajstić information content (AvgIpc) is 3.19. The summed E-state index contributed by atoms with van der Waals surface area (Å²) in [4.78, 5) is 38.8. The van der Waals surface area contributed by atoms with Gasteiger partial charge in [-0.25, -0.2) is 4.39 Å². The summed E-state index contributed by atoms with van der Waals surface area (Å²) in [6.07, 6.45) is 1.69. The molecule has 6 nitrogen and oxygen atoms in total. The van der Waals surface area contributed by atoms with Crippen LogP contribution in [0, 0.1) is 23.2 Å². The van der Waals surface area contributed by atoms with E-state index < -0.39 is 29.4 Å². The van der Waals surface area contributed by atoms with Gasteiger partial charge in [0, 0.05) is 26.3 Å². The highest BCUT2D eigenvalue weighted by atomic mass is 127. The second-order valence-electron chi connectivity index (χ2n) is 7.46. The fourth-order valence-electron chi connectivity index (χ4n) is 3.60. The molecule has 1 aliphatic heterocycles. The molecule has 2 aromatic carbocycles. The predicted molar refractivity (Wildman–Crippen MR) is 136 cm³/mol. The Hall–Kier alpha value is -2.92. The van der Waals surface area contributed by atoms with E-state index in [1.807, 2.05) is 38.1 Å². The van der Waals surface area contributed by atoms with Crippen LogP contribution < -0.4 is 5.32 Å². The third-order valence-electron chi connectivity index (χ3n) is 5.13. The van der Waals surface area contributed by atoms with Crippen molar-refractivity contribution in [3.8, 4) is 5.69 Å². The molecule has 1 N–H and O–H groups in total. The molecule has 0 spiro atoms. The number of amides is 3. The zero-order valence-corrected chi connectivity index (χ0v) is 20.7. The Labute approximate surface area is 208 Å². The van der Waals surface area contributed by atoms with Crippen LogP contribution >= 0.6 is 34.4 Å². The lowest BCUT2D eigenvalue weighted by atomic mass is 10.2. The van der Waals surface area contributed by atoms with Crippen molar-refractivity contribution in [1.29, 1.82) is 0 Å². The normalized spacial score (nSPS) is 14.9. The van der Waals surface area contributed by atoms with Crippen LogP contribution in [0.1, 0.15) is 17.0 Å². The summed E-state index contributed by atoms with van der Waals surface area (Å²) >= 11 is 3.07. The topological polar surface area (TPSA) is 71.4 Å². The molecule has 1 aromatic heterocycles. The van der Waals surface area contributed by atoms with Gasteiger partial charge in [-0.05, 0) is 108 Å². The first-order valence-corrected chi connectivity index (χ1v) is 11.9. The van der Waals surface area contributed by atoms with Crippen molar-refractivity contribution < 1.29 is 18.8 Å². The van der Waals surface area contributed by atoms with Gasteiger partial charge in [0.15, 0.2) is 0 Å². The monoisotopic (exact) mass is 575 g/mol. The summed E-state index contributed by atoms with van der Waals surface area (Å²) in [5, 5.41) is 2.05. The molecule has 0 saturated carbocycles. The number of halogens is 2. The summed E-state index contributed by atoms with van der Waals surface area (Å²) in [6.45, 7) is 3.52. The van der Waals surface area contributed by atoms with Gasteiger partial charge in [-0.15, -0.1) is 0 Å². The second-order valence-corrected chi connectivity index (χ2v) is 9.70. The van der Waals surface area contributed by atoms with E-state index in [2.05, 4.69) is 38.5 Å². The number of carbonyl (C=O) groups excluding carboxylic acids is 3. The van der Waals surface area contributed by atoms with Gasteiger partial charge in [0.25, 0.3) is 11.1 Å². The lowest BCUT2D eigenvalue weighted by Crippen LogP contribution is -2.36. The number of hydrogen-bond acceptors (Lipinski definition) is 4. The Bertz CT molecular complexity index is 1300. The van der Waals surface area contributed by atoms with E-state index in [4.69, 9.17) is 0 Å². The molecule has 0 radical (unpaired) electrons. The minimum absolute atomic E-state index is 0.262. The minimum Gasteiger partial charge on any atom is -0.325 e. The second kappa shape index (κ2) is 9.52. The summed E-state index contributed by atoms with van der Waals surface area (Å²) in [5.74, 6) is -1.48. The van der Waals surface area contributed by atoms with E-state index in [1.165, 1.54) is 24.3 Å². The molecule has 1 saturated heterocycles. The van der Waals surface area contributed by atoms with Gasteiger partial charge in [0.05, 0.1) is 4.91 Å². The first kappa shape index (κ1) is 23.2. The van der Waals surface area contributed by atoms with Crippen LogP contribution in [0.2, 0.25) is 0 Å². The number of nitrogens with zero attached hydrogens (tertiary/aromatic N) is 2. The molecule has 9 heteroatoms. The van der Waals surface area contributed by atoms with Crippen molar-refractivity contribution in [3.63, 3.8) is 0 Å². The van der Waals surface area contributed by atoms with Crippen LogP contribution in [-0.2, 0) is 9.59 Å². The van der Waals surface area contributed by atoms with E-state index in [0.29, 0.717) is 5.69 Å². The fourth-order valence-corrected chi connectivity index (χ4v) is 4.96. The largest absolute Gasteiger partial charge is 0.325 e. The number of aryl methyl sites for hydroxylation is 1. The predicted octanol–water partition coefficient (Wildman–Crippen LogP) is 5.51. The molecule has 1 aliphatic rings. The fraction of sp³-hybridized carbons (Fsp3) is 0.125. The van der Waals surface area contributed by atoms with Gasteiger partial charge in [0.1, 0.15) is 12.4 Å². The van der Waals surface area contributed by atoms with Crippen molar-refractivity contribution in [1.82, 2.24) is 9.47 Å². The molecular formula is C24H19FIN3O3S. The summed E-state index contributed by atoms with van der Waals surface area (Å²) in [5.41, 5.74) is 4.16. The van der Waals surface area contributed by atoms with Gasteiger partial charge in [0.2, 0.25) is 5.91 Å². The van der Waals surface area contributed by atoms with E-state index >= 15 is 0 Å². The highest BCUT2D eigenvalue weighted by Crippen LogP contribution is 2.33. The Morgan fingerprint density at radius 1 is 1.12 bits per heavy atom. The zero-order valence-electron chi connectivity index (χ0n) is 17.8. The molecule has 0 unspecified atom stereocenters. The van der Waals surface area contributed by atoms with Crippen molar-refractivity contribution in [2.24, 2.45) is 0 Å². The third kappa shape index (κ3) is 5.03. The van der Waals surface area contributed by atoms with E-state index in [9.17, 15) is 18.8 Å². The maximum atomic E-state index is 13.0. The van der Waals surface area contributed by atoms with Gasteiger partial charge in [-0.1, -0.05) is 6.07 Å². The molecule has 1 fully saturated rings. The molecular weight excluding hydrogens is 556 g/mol. The molecule has 168 valence electrons. The summed E-state index contributed by atoms with van der Waals surface area (Å²) < 4.78 is 16.2. The van der Waals surface area contributed by atoms with Crippen LogP contribution in [0.5, 0.6) is 0 Å². The van der Waals surface area contributed by atoms with Crippen molar-refractivity contribution in [3.05, 3.63) is 85.8 Å². The Morgan fingerprint density at radius 2 is 1.85 bits per heavy atom. The molecule has 4 rings (SSSR count). The number of anilines is 1. The van der Waals surface area contributed by atoms with Crippen LogP contribution in [0.4, 0.5) is 14.9 Å². The number of carbonyl (C=O) groups is 3. The Balaban J connectivity index is 1.53. The molecule has 3 amide bonds. The van der Waals surface area contributed by atoms with Crippen LogP contribution in [-0.4, -0.2) is 33.1 Å². The molecule has 0 atom stereocenters. The van der Waals surface area contributed by atoms with Crippen molar-refractivity contribution in [2.75, 3.05) is 11.9 Å². The van der Waals surface area contributed by atoms with Crippen LogP contribution in [0.25, 0.3) is 11.8 Å². The Morgan fingerprint density at radius 3 is 2.55 bits per heavy atom. The standard InChI is InChI=1S/C24H19FIN3O3S/c1-14-10-16(15(2)29(14)20-5-3-4-18(26)12-20)11-21-23(31)28(24(32)33-21)13-22(30)27-19-8-6-17(25)7-9-19/h3-12H,13H2,1-2H3,(H,27,30)/b21-11-. The number of aromatic nitrogens is 1. The van der Waals surface area contributed by atoms with Gasteiger partial charge >= 0.3 is 0 Å². The SMILES string of the molecule is Cc1cc(/C=C2\SC(=O)N(CC(=O)Nc3ccc(F)cc3)C2=O)c(C)n1-c1cccc(I)c1. The summed E-state index contributed by atoms with van der Waals surface area (Å²) in [6, 6.07) is 15.3. The lowest BCUT2D eigenvalue weighted by molar-refractivity contribution is -0.127. The molecule has 33 heavy (non-hydrogen) atoms. The lowest BCUT2D eigenvalue weighted by Gasteiger charge is -2.12. The number of hydrogen-bond donors (Lipinski definition) is 1. The highest BCUT2D eigenvalue weighted by Gasteiger charge is 2.36.